The minimum atomic E-state index is -0.319. The number of halogens is 1. The van der Waals surface area contributed by atoms with Crippen LogP contribution >= 0.6 is 0 Å². The predicted octanol–water partition coefficient (Wildman–Crippen LogP) is 2.56. The molecule has 1 atom stereocenters. The molecule has 27 heavy (non-hydrogen) atoms. The van der Waals surface area contributed by atoms with E-state index in [1.807, 2.05) is 13.0 Å². The van der Waals surface area contributed by atoms with Crippen LogP contribution < -0.4 is 0 Å². The third-order valence-electron chi connectivity index (χ3n) is 4.84. The predicted molar refractivity (Wildman–Crippen MR) is 97.1 cm³/mol. The first-order chi connectivity index (χ1) is 12.9. The number of rotatable bonds is 5. The van der Waals surface area contributed by atoms with Gasteiger partial charge in [-0.3, -0.25) is 9.59 Å². The Balaban J connectivity index is 1.56. The molecule has 1 fully saturated rings. The highest BCUT2D eigenvalue weighted by Gasteiger charge is 2.30. The van der Waals surface area contributed by atoms with Crippen LogP contribution in [0.3, 0.4) is 0 Å². The molecule has 1 aromatic carbocycles. The molecule has 144 valence electrons. The zero-order chi connectivity index (χ0) is 19.4. The van der Waals surface area contributed by atoms with E-state index in [4.69, 9.17) is 4.52 Å². The summed E-state index contributed by atoms with van der Waals surface area (Å²) in [5.74, 6) is 0.152. The fourth-order valence-corrected chi connectivity index (χ4v) is 3.42. The molecule has 1 aliphatic rings. The SMILES string of the molecule is Cc1cc(CN(C)C(=O)C2CCCN(C(=O)Cc3ccc(F)cc3)C2)no1. The first kappa shape index (κ1) is 19.1. The smallest absolute Gasteiger partial charge is 0.227 e. The van der Waals surface area contributed by atoms with Crippen LogP contribution in [0.25, 0.3) is 0 Å². The van der Waals surface area contributed by atoms with Gasteiger partial charge in [-0.15, -0.1) is 0 Å². The molecule has 0 aliphatic carbocycles. The van der Waals surface area contributed by atoms with Gasteiger partial charge in [0, 0.05) is 26.2 Å². The van der Waals surface area contributed by atoms with Crippen molar-refractivity contribution < 1.29 is 18.5 Å². The lowest BCUT2D eigenvalue weighted by Crippen LogP contribution is -2.46. The lowest BCUT2D eigenvalue weighted by molar-refractivity contribution is -0.140. The lowest BCUT2D eigenvalue weighted by Gasteiger charge is -2.34. The van der Waals surface area contributed by atoms with Gasteiger partial charge in [0.15, 0.2) is 0 Å². The number of hydrogen-bond donors (Lipinski definition) is 0. The summed E-state index contributed by atoms with van der Waals surface area (Å²) in [4.78, 5) is 28.7. The van der Waals surface area contributed by atoms with Crippen LogP contribution in [0.2, 0.25) is 0 Å². The molecule has 0 N–H and O–H groups in total. The highest BCUT2D eigenvalue weighted by atomic mass is 19.1. The molecule has 1 unspecified atom stereocenters. The van der Waals surface area contributed by atoms with Gasteiger partial charge in [-0.2, -0.15) is 0 Å². The van der Waals surface area contributed by atoms with Crippen LogP contribution in [0.15, 0.2) is 34.9 Å². The summed E-state index contributed by atoms with van der Waals surface area (Å²) in [5, 5.41) is 3.92. The second-order valence-corrected chi connectivity index (χ2v) is 7.11. The van der Waals surface area contributed by atoms with Gasteiger partial charge in [0.1, 0.15) is 17.3 Å². The lowest BCUT2D eigenvalue weighted by atomic mass is 9.96. The molecule has 2 heterocycles. The standard InChI is InChI=1S/C20H24FN3O3/c1-14-10-18(22-27-14)13-23(2)20(26)16-4-3-9-24(12-16)19(25)11-15-5-7-17(21)8-6-15/h5-8,10,16H,3-4,9,11-13H2,1-2H3. The van der Waals surface area contributed by atoms with Crippen LogP contribution in [0, 0.1) is 18.7 Å². The van der Waals surface area contributed by atoms with Crippen molar-refractivity contribution in [3.63, 3.8) is 0 Å². The fraction of sp³-hybridized carbons (Fsp3) is 0.450. The summed E-state index contributed by atoms with van der Waals surface area (Å²) in [5.41, 5.74) is 1.48. The minimum absolute atomic E-state index is 0.00920. The number of carbonyl (C=O) groups is 2. The monoisotopic (exact) mass is 373 g/mol. The fourth-order valence-electron chi connectivity index (χ4n) is 3.42. The molecular weight excluding hydrogens is 349 g/mol. The average Bonchev–Trinajstić information content (AvgIpc) is 3.07. The number of hydrogen-bond acceptors (Lipinski definition) is 4. The molecule has 7 heteroatoms. The number of aromatic nitrogens is 1. The molecule has 0 radical (unpaired) electrons. The van der Waals surface area contributed by atoms with E-state index in [1.54, 1.807) is 29.0 Å². The van der Waals surface area contributed by atoms with E-state index in [2.05, 4.69) is 5.16 Å². The van der Waals surface area contributed by atoms with Gasteiger partial charge in [0.05, 0.1) is 18.9 Å². The largest absolute Gasteiger partial charge is 0.361 e. The molecule has 2 amide bonds. The Morgan fingerprint density at radius 2 is 2.07 bits per heavy atom. The van der Waals surface area contributed by atoms with Gasteiger partial charge in [-0.05, 0) is 37.5 Å². The maximum absolute atomic E-state index is 13.0. The number of nitrogens with zero attached hydrogens (tertiary/aromatic N) is 3. The quantitative estimate of drug-likeness (QED) is 0.808. The van der Waals surface area contributed by atoms with Crippen molar-refractivity contribution in [2.24, 2.45) is 5.92 Å². The Hall–Kier alpha value is -2.70. The molecule has 1 saturated heterocycles. The number of carbonyl (C=O) groups excluding carboxylic acids is 2. The zero-order valence-electron chi connectivity index (χ0n) is 15.7. The Bertz CT molecular complexity index is 803. The highest BCUT2D eigenvalue weighted by Crippen LogP contribution is 2.20. The molecule has 1 aromatic heterocycles. The molecule has 0 spiro atoms. The third kappa shape index (κ3) is 4.93. The number of piperidine rings is 1. The normalized spacial score (nSPS) is 17.0. The number of benzene rings is 1. The van der Waals surface area contributed by atoms with Crippen molar-refractivity contribution in [1.29, 1.82) is 0 Å². The van der Waals surface area contributed by atoms with Crippen molar-refractivity contribution in [3.05, 3.63) is 53.2 Å². The van der Waals surface area contributed by atoms with Crippen molar-refractivity contribution in [2.75, 3.05) is 20.1 Å². The van der Waals surface area contributed by atoms with E-state index < -0.39 is 0 Å². The van der Waals surface area contributed by atoms with Crippen molar-refractivity contribution >= 4 is 11.8 Å². The maximum Gasteiger partial charge on any atom is 0.227 e. The number of likely N-dealkylation sites (tertiary alicyclic amines) is 1. The van der Waals surface area contributed by atoms with Crippen LogP contribution in [0.5, 0.6) is 0 Å². The Morgan fingerprint density at radius 1 is 1.33 bits per heavy atom. The van der Waals surface area contributed by atoms with Crippen LogP contribution in [-0.2, 0) is 22.6 Å². The van der Waals surface area contributed by atoms with Crippen LogP contribution in [0.1, 0.15) is 29.9 Å². The van der Waals surface area contributed by atoms with Gasteiger partial charge in [0.2, 0.25) is 11.8 Å². The summed E-state index contributed by atoms with van der Waals surface area (Å²) in [6, 6.07) is 7.75. The van der Waals surface area contributed by atoms with Gasteiger partial charge in [0.25, 0.3) is 0 Å². The summed E-state index contributed by atoms with van der Waals surface area (Å²) in [6.45, 7) is 3.26. The molecule has 6 nitrogen and oxygen atoms in total. The number of aryl methyl sites for hydroxylation is 1. The average molecular weight is 373 g/mol. The Morgan fingerprint density at radius 3 is 2.74 bits per heavy atom. The highest BCUT2D eigenvalue weighted by molar-refractivity contribution is 5.82. The summed E-state index contributed by atoms with van der Waals surface area (Å²) < 4.78 is 18.0. The van der Waals surface area contributed by atoms with Gasteiger partial charge in [-0.25, -0.2) is 4.39 Å². The van der Waals surface area contributed by atoms with E-state index in [-0.39, 0.29) is 30.0 Å². The summed E-state index contributed by atoms with van der Waals surface area (Å²) >= 11 is 0. The first-order valence-electron chi connectivity index (χ1n) is 9.12. The van der Waals surface area contributed by atoms with E-state index in [0.717, 1.165) is 18.4 Å². The van der Waals surface area contributed by atoms with Crippen LogP contribution in [-0.4, -0.2) is 46.9 Å². The minimum Gasteiger partial charge on any atom is -0.361 e. The second-order valence-electron chi connectivity index (χ2n) is 7.11. The maximum atomic E-state index is 13.0. The molecule has 2 aromatic rings. The van der Waals surface area contributed by atoms with E-state index in [1.165, 1.54) is 12.1 Å². The van der Waals surface area contributed by atoms with Gasteiger partial charge < -0.3 is 14.3 Å². The zero-order valence-corrected chi connectivity index (χ0v) is 15.7. The van der Waals surface area contributed by atoms with Crippen molar-refractivity contribution in [3.8, 4) is 0 Å². The third-order valence-corrected chi connectivity index (χ3v) is 4.84. The van der Waals surface area contributed by atoms with Crippen molar-refractivity contribution in [2.45, 2.75) is 32.7 Å². The van der Waals surface area contributed by atoms with E-state index in [0.29, 0.717) is 31.1 Å². The molecule has 0 bridgehead atoms. The van der Waals surface area contributed by atoms with E-state index in [9.17, 15) is 14.0 Å². The topological polar surface area (TPSA) is 66.7 Å². The van der Waals surface area contributed by atoms with Gasteiger partial charge >= 0.3 is 0 Å². The van der Waals surface area contributed by atoms with E-state index >= 15 is 0 Å². The van der Waals surface area contributed by atoms with Crippen molar-refractivity contribution in [1.82, 2.24) is 15.0 Å². The first-order valence-corrected chi connectivity index (χ1v) is 9.12. The van der Waals surface area contributed by atoms with Gasteiger partial charge in [-0.1, -0.05) is 17.3 Å². The summed E-state index contributed by atoms with van der Waals surface area (Å²) in [7, 11) is 1.74. The second kappa shape index (κ2) is 8.33. The van der Waals surface area contributed by atoms with Crippen LogP contribution in [0.4, 0.5) is 4.39 Å². The molecule has 1 aliphatic heterocycles. The summed E-state index contributed by atoms with van der Waals surface area (Å²) in [6.07, 6.45) is 1.78. The number of amides is 2. The Labute approximate surface area is 157 Å². The molecule has 3 rings (SSSR count). The Kier molecular flexibility index (Phi) is 5.88. The molecule has 0 saturated carbocycles. The molecular formula is C20H24FN3O3.